The van der Waals surface area contributed by atoms with Crippen LogP contribution in [0.2, 0.25) is 0 Å². The van der Waals surface area contributed by atoms with E-state index in [9.17, 15) is 15.0 Å². The van der Waals surface area contributed by atoms with Gasteiger partial charge in [0, 0.05) is 5.41 Å². The molecule has 0 amide bonds. The Hall–Kier alpha value is -1.36. The quantitative estimate of drug-likeness (QED) is 0.635. The molecule has 0 aliphatic heterocycles. The van der Waals surface area contributed by atoms with E-state index >= 15 is 0 Å². The van der Waals surface area contributed by atoms with Crippen molar-refractivity contribution in [2.75, 3.05) is 0 Å². The molecule has 3 N–H and O–H groups in total. The number of aliphatic carboxylic acids is 1. The van der Waals surface area contributed by atoms with E-state index in [0.29, 0.717) is 12.1 Å². The Bertz CT molecular complexity index is 411. The molecule has 0 saturated heterocycles. The number of nitrogens with zero attached hydrogens (tertiary/aromatic N) is 1. The molecule has 1 aliphatic carbocycles. The highest BCUT2D eigenvalue weighted by atomic mass is 16.4. The lowest BCUT2D eigenvalue weighted by molar-refractivity contribution is -0.178. The molecule has 0 radical (unpaired) electrons. The Kier molecular flexibility index (Phi) is 1.91. The van der Waals surface area contributed by atoms with Gasteiger partial charge in [-0.3, -0.25) is 5.10 Å². The summed E-state index contributed by atoms with van der Waals surface area (Å²) >= 11 is 0. The second kappa shape index (κ2) is 2.82. The van der Waals surface area contributed by atoms with Gasteiger partial charge in [0.05, 0.1) is 11.9 Å². The summed E-state index contributed by atoms with van der Waals surface area (Å²) in [7, 11) is 0. The molecule has 5 heteroatoms. The Balaban J connectivity index is 2.64. The average molecular weight is 210 g/mol. The molecule has 0 saturated carbocycles. The Morgan fingerprint density at radius 1 is 1.60 bits per heavy atom. The van der Waals surface area contributed by atoms with Gasteiger partial charge in [-0.15, -0.1) is 0 Å². The van der Waals surface area contributed by atoms with Crippen LogP contribution >= 0.6 is 0 Å². The van der Waals surface area contributed by atoms with Crippen LogP contribution in [0, 0.1) is 5.41 Å². The van der Waals surface area contributed by atoms with Crippen molar-refractivity contribution in [3.8, 4) is 0 Å². The number of aromatic nitrogens is 2. The van der Waals surface area contributed by atoms with Crippen LogP contribution in [0.1, 0.15) is 31.5 Å². The van der Waals surface area contributed by atoms with Gasteiger partial charge in [-0.05, 0) is 18.4 Å². The van der Waals surface area contributed by atoms with E-state index in [2.05, 4.69) is 10.2 Å². The number of carboxylic acid groups (broad SMARTS) is 1. The summed E-state index contributed by atoms with van der Waals surface area (Å²) in [5.74, 6) is -1.22. The highest BCUT2D eigenvalue weighted by molar-refractivity contribution is 5.80. The molecule has 1 unspecified atom stereocenters. The maximum absolute atomic E-state index is 11.3. The first-order chi connectivity index (χ1) is 6.89. The highest BCUT2D eigenvalue weighted by Crippen LogP contribution is 2.47. The molecule has 2 rings (SSSR count). The number of nitrogens with one attached hydrogen (secondary N) is 1. The summed E-state index contributed by atoms with van der Waals surface area (Å²) in [6, 6.07) is 0. The summed E-state index contributed by atoms with van der Waals surface area (Å²) < 4.78 is 0. The van der Waals surface area contributed by atoms with Crippen LogP contribution in [0.5, 0.6) is 0 Å². The number of carbonyl (C=O) groups is 1. The normalized spacial score (nSPS) is 28.5. The molecule has 0 bridgehead atoms. The highest BCUT2D eigenvalue weighted by Gasteiger charge is 2.55. The molecule has 15 heavy (non-hydrogen) atoms. The summed E-state index contributed by atoms with van der Waals surface area (Å²) in [5.41, 5.74) is -1.44. The molecule has 1 aromatic rings. The van der Waals surface area contributed by atoms with Crippen molar-refractivity contribution in [2.24, 2.45) is 5.41 Å². The number of aromatic amines is 1. The first-order valence-electron chi connectivity index (χ1n) is 4.88. The van der Waals surface area contributed by atoms with Crippen molar-refractivity contribution >= 4 is 5.97 Å². The van der Waals surface area contributed by atoms with Crippen LogP contribution < -0.4 is 0 Å². The van der Waals surface area contributed by atoms with Gasteiger partial charge in [0.2, 0.25) is 5.60 Å². The Labute approximate surface area is 87.1 Å². The molecule has 1 atom stereocenters. The lowest BCUT2D eigenvalue weighted by atomic mass is 9.65. The van der Waals surface area contributed by atoms with E-state index in [-0.39, 0.29) is 0 Å². The summed E-state index contributed by atoms with van der Waals surface area (Å²) in [6.07, 6.45) is 2.95. The molecule has 1 heterocycles. The monoisotopic (exact) mass is 210 g/mol. The third-order valence-electron chi connectivity index (χ3n) is 3.39. The second-order valence-electron chi connectivity index (χ2n) is 4.67. The van der Waals surface area contributed by atoms with Crippen molar-refractivity contribution in [2.45, 2.75) is 32.3 Å². The van der Waals surface area contributed by atoms with Gasteiger partial charge in [0.25, 0.3) is 0 Å². The Morgan fingerprint density at radius 3 is 2.87 bits per heavy atom. The number of aliphatic hydroxyl groups is 1. The van der Waals surface area contributed by atoms with E-state index in [0.717, 1.165) is 12.0 Å². The maximum Gasteiger partial charge on any atom is 0.342 e. The molecule has 0 fully saturated rings. The first-order valence-corrected chi connectivity index (χ1v) is 4.88. The predicted octanol–water partition coefficient (Wildman–Crippen LogP) is 0.654. The number of hydrogen-bond donors (Lipinski definition) is 3. The van der Waals surface area contributed by atoms with Crippen molar-refractivity contribution in [3.63, 3.8) is 0 Å². The second-order valence-corrected chi connectivity index (χ2v) is 4.67. The minimum absolute atomic E-state index is 0.325. The standard InChI is InChI=1S/C10H14N2O3/c1-9(2)4-3-6-5-11-12-7(6)10(9,15)8(13)14/h5,15H,3-4H2,1-2H3,(H,11,12)(H,13,14). The van der Waals surface area contributed by atoms with Crippen LogP contribution in [0.4, 0.5) is 0 Å². The third-order valence-corrected chi connectivity index (χ3v) is 3.39. The van der Waals surface area contributed by atoms with Gasteiger partial charge >= 0.3 is 5.97 Å². The smallest absolute Gasteiger partial charge is 0.342 e. The van der Waals surface area contributed by atoms with Gasteiger partial charge in [0.15, 0.2) is 0 Å². The largest absolute Gasteiger partial charge is 0.479 e. The fraction of sp³-hybridized carbons (Fsp3) is 0.600. The molecule has 1 aromatic heterocycles. The molecular weight excluding hydrogens is 196 g/mol. The lowest BCUT2D eigenvalue weighted by Gasteiger charge is -2.42. The number of fused-ring (bicyclic) bond motifs is 1. The van der Waals surface area contributed by atoms with Gasteiger partial charge in [-0.2, -0.15) is 5.10 Å². The van der Waals surface area contributed by atoms with Crippen LogP contribution in [0.15, 0.2) is 6.20 Å². The fourth-order valence-corrected chi connectivity index (χ4v) is 2.18. The molecule has 82 valence electrons. The number of aryl methyl sites for hydroxylation is 1. The number of H-pyrrole nitrogens is 1. The first kappa shape index (κ1) is 10.2. The van der Waals surface area contributed by atoms with Gasteiger partial charge in [0.1, 0.15) is 0 Å². The van der Waals surface area contributed by atoms with Gasteiger partial charge in [-0.25, -0.2) is 4.79 Å². The SMILES string of the molecule is CC1(C)CCc2cn[nH]c2C1(O)C(=O)O. The molecule has 0 aromatic carbocycles. The topological polar surface area (TPSA) is 86.2 Å². The zero-order chi connectivity index (χ0) is 11.3. The lowest BCUT2D eigenvalue weighted by Crippen LogP contribution is -2.51. The fourth-order valence-electron chi connectivity index (χ4n) is 2.18. The maximum atomic E-state index is 11.3. The van der Waals surface area contributed by atoms with Crippen LogP contribution in [-0.4, -0.2) is 26.4 Å². The van der Waals surface area contributed by atoms with E-state index < -0.39 is 17.0 Å². The van der Waals surface area contributed by atoms with Crippen LogP contribution in [0.3, 0.4) is 0 Å². The predicted molar refractivity (Wildman–Crippen MR) is 52.2 cm³/mol. The van der Waals surface area contributed by atoms with Crippen molar-refractivity contribution < 1.29 is 15.0 Å². The van der Waals surface area contributed by atoms with Crippen molar-refractivity contribution in [1.29, 1.82) is 0 Å². The zero-order valence-corrected chi connectivity index (χ0v) is 8.74. The summed E-state index contributed by atoms with van der Waals surface area (Å²) in [6.45, 7) is 3.51. The van der Waals surface area contributed by atoms with Crippen LogP contribution in [0.25, 0.3) is 0 Å². The van der Waals surface area contributed by atoms with Crippen molar-refractivity contribution in [1.82, 2.24) is 10.2 Å². The van der Waals surface area contributed by atoms with E-state index in [1.165, 1.54) is 0 Å². The number of carboxylic acids is 1. The molecule has 5 nitrogen and oxygen atoms in total. The van der Waals surface area contributed by atoms with Gasteiger partial charge in [-0.1, -0.05) is 13.8 Å². The molecule has 0 spiro atoms. The van der Waals surface area contributed by atoms with E-state index in [4.69, 9.17) is 0 Å². The number of hydrogen-bond acceptors (Lipinski definition) is 3. The number of rotatable bonds is 1. The minimum atomic E-state index is -1.86. The summed E-state index contributed by atoms with van der Waals surface area (Å²) in [5, 5.41) is 26.0. The third kappa shape index (κ3) is 1.13. The minimum Gasteiger partial charge on any atom is -0.479 e. The average Bonchev–Trinajstić information content (AvgIpc) is 2.60. The molecular formula is C10H14N2O3. The van der Waals surface area contributed by atoms with E-state index in [1.54, 1.807) is 20.0 Å². The van der Waals surface area contributed by atoms with Gasteiger partial charge < -0.3 is 10.2 Å². The van der Waals surface area contributed by atoms with Crippen LogP contribution in [-0.2, 0) is 16.8 Å². The zero-order valence-electron chi connectivity index (χ0n) is 8.74. The summed E-state index contributed by atoms with van der Waals surface area (Å²) in [4.78, 5) is 11.3. The Morgan fingerprint density at radius 2 is 2.27 bits per heavy atom. The molecule has 1 aliphatic rings. The van der Waals surface area contributed by atoms with Crippen molar-refractivity contribution in [3.05, 3.63) is 17.5 Å². The van der Waals surface area contributed by atoms with E-state index in [1.807, 2.05) is 0 Å².